The number of nitrogens with zero attached hydrogens (tertiary/aromatic N) is 2. The van der Waals surface area contributed by atoms with Crippen molar-refractivity contribution < 1.29 is 8.78 Å². The van der Waals surface area contributed by atoms with Gasteiger partial charge in [-0.05, 0) is 19.5 Å². The predicted octanol–water partition coefficient (Wildman–Crippen LogP) is 1.74. The minimum absolute atomic E-state index is 0.100. The van der Waals surface area contributed by atoms with E-state index >= 15 is 0 Å². The molecule has 20 heavy (non-hydrogen) atoms. The molecular weight excluding hydrogens is 260 g/mol. The van der Waals surface area contributed by atoms with Crippen LogP contribution in [0.2, 0.25) is 0 Å². The van der Waals surface area contributed by atoms with Crippen molar-refractivity contribution in [3.8, 4) is 0 Å². The van der Waals surface area contributed by atoms with E-state index in [-0.39, 0.29) is 12.1 Å². The molecule has 2 N–H and O–H groups in total. The summed E-state index contributed by atoms with van der Waals surface area (Å²) >= 11 is 0. The molecule has 0 radical (unpaired) electrons. The quantitative estimate of drug-likeness (QED) is 0.893. The summed E-state index contributed by atoms with van der Waals surface area (Å²) in [7, 11) is 0. The van der Waals surface area contributed by atoms with Crippen molar-refractivity contribution in [3.05, 3.63) is 35.9 Å². The van der Waals surface area contributed by atoms with E-state index in [2.05, 4.69) is 4.90 Å². The van der Waals surface area contributed by atoms with E-state index in [1.165, 1.54) is 12.1 Å². The van der Waals surface area contributed by atoms with Crippen LogP contribution in [0.15, 0.2) is 30.3 Å². The maximum absolute atomic E-state index is 14.2. The topological polar surface area (TPSA) is 32.5 Å². The van der Waals surface area contributed by atoms with Gasteiger partial charge in [-0.1, -0.05) is 30.3 Å². The third-order valence-electron chi connectivity index (χ3n) is 3.74. The van der Waals surface area contributed by atoms with Crippen molar-refractivity contribution in [2.24, 2.45) is 5.73 Å². The van der Waals surface area contributed by atoms with E-state index in [9.17, 15) is 8.78 Å². The Morgan fingerprint density at radius 1 is 1.00 bits per heavy atom. The van der Waals surface area contributed by atoms with E-state index < -0.39 is 5.92 Å². The maximum Gasteiger partial charge on any atom is 0.285 e. The van der Waals surface area contributed by atoms with Crippen LogP contribution in [0, 0.1) is 0 Å². The molecule has 2 rings (SSSR count). The zero-order valence-corrected chi connectivity index (χ0v) is 11.8. The zero-order chi connectivity index (χ0) is 14.4. The van der Waals surface area contributed by atoms with Crippen LogP contribution < -0.4 is 5.73 Å². The summed E-state index contributed by atoms with van der Waals surface area (Å²) in [6.07, 6.45) is 0.921. The van der Waals surface area contributed by atoms with Crippen molar-refractivity contribution in [1.29, 1.82) is 0 Å². The highest BCUT2D eigenvalue weighted by Gasteiger charge is 2.34. The Morgan fingerprint density at radius 2 is 1.65 bits per heavy atom. The molecule has 112 valence electrons. The molecule has 0 unspecified atom stereocenters. The van der Waals surface area contributed by atoms with Crippen LogP contribution in [0.3, 0.4) is 0 Å². The highest BCUT2D eigenvalue weighted by Crippen LogP contribution is 2.29. The van der Waals surface area contributed by atoms with Gasteiger partial charge in [0.05, 0.1) is 6.54 Å². The second kappa shape index (κ2) is 7.11. The maximum atomic E-state index is 14.2. The lowest BCUT2D eigenvalue weighted by atomic mass is 10.1. The lowest BCUT2D eigenvalue weighted by Crippen LogP contribution is -2.38. The summed E-state index contributed by atoms with van der Waals surface area (Å²) in [6.45, 7) is 4.45. The summed E-state index contributed by atoms with van der Waals surface area (Å²) < 4.78 is 28.5. The van der Waals surface area contributed by atoms with E-state index in [1.807, 2.05) is 4.90 Å². The van der Waals surface area contributed by atoms with Crippen LogP contribution in [0.5, 0.6) is 0 Å². The number of rotatable bonds is 5. The summed E-state index contributed by atoms with van der Waals surface area (Å²) in [4.78, 5) is 4.12. The van der Waals surface area contributed by atoms with Crippen LogP contribution in [0.1, 0.15) is 12.0 Å². The fourth-order valence-corrected chi connectivity index (χ4v) is 2.64. The molecule has 1 aromatic rings. The molecule has 0 aliphatic carbocycles. The third kappa shape index (κ3) is 4.23. The van der Waals surface area contributed by atoms with E-state index in [4.69, 9.17) is 5.73 Å². The Labute approximate surface area is 119 Å². The van der Waals surface area contributed by atoms with E-state index in [0.29, 0.717) is 13.1 Å². The molecule has 0 atom stereocenters. The third-order valence-corrected chi connectivity index (χ3v) is 3.74. The van der Waals surface area contributed by atoms with Crippen molar-refractivity contribution in [2.75, 3.05) is 45.8 Å². The Morgan fingerprint density at radius 3 is 2.35 bits per heavy atom. The Balaban J connectivity index is 1.92. The Hall–Kier alpha value is -1.04. The monoisotopic (exact) mass is 283 g/mol. The van der Waals surface area contributed by atoms with Gasteiger partial charge in [-0.15, -0.1) is 0 Å². The first-order chi connectivity index (χ1) is 9.62. The lowest BCUT2D eigenvalue weighted by Gasteiger charge is -2.26. The highest BCUT2D eigenvalue weighted by atomic mass is 19.3. The van der Waals surface area contributed by atoms with Gasteiger partial charge in [-0.3, -0.25) is 4.90 Å². The number of nitrogens with two attached hydrogens (primary N) is 1. The average Bonchev–Trinajstić information content (AvgIpc) is 2.66. The first kappa shape index (κ1) is 15.4. The number of hydrogen-bond acceptors (Lipinski definition) is 3. The SMILES string of the molecule is NCCN1CCCN(CC(F)(F)c2ccccc2)CC1. The molecule has 1 fully saturated rings. The molecule has 0 bridgehead atoms. The van der Waals surface area contributed by atoms with Crippen molar-refractivity contribution in [2.45, 2.75) is 12.3 Å². The summed E-state index contributed by atoms with van der Waals surface area (Å²) in [5.74, 6) is -2.79. The van der Waals surface area contributed by atoms with Gasteiger partial charge in [0.15, 0.2) is 0 Å². The van der Waals surface area contributed by atoms with Crippen molar-refractivity contribution >= 4 is 0 Å². The Kier molecular flexibility index (Phi) is 5.46. The van der Waals surface area contributed by atoms with Crippen LogP contribution in [-0.4, -0.2) is 55.6 Å². The average molecular weight is 283 g/mol. The number of hydrogen-bond donors (Lipinski definition) is 1. The molecule has 1 aliphatic rings. The zero-order valence-electron chi connectivity index (χ0n) is 11.8. The van der Waals surface area contributed by atoms with Crippen LogP contribution in [0.4, 0.5) is 8.78 Å². The van der Waals surface area contributed by atoms with Gasteiger partial charge in [0.1, 0.15) is 0 Å². The van der Waals surface area contributed by atoms with Crippen molar-refractivity contribution in [1.82, 2.24) is 9.80 Å². The van der Waals surface area contributed by atoms with Gasteiger partial charge in [0, 0.05) is 31.7 Å². The van der Waals surface area contributed by atoms with Gasteiger partial charge in [0.2, 0.25) is 0 Å². The molecule has 3 nitrogen and oxygen atoms in total. The fourth-order valence-electron chi connectivity index (χ4n) is 2.64. The van der Waals surface area contributed by atoms with Gasteiger partial charge in [-0.2, -0.15) is 8.78 Å². The summed E-state index contributed by atoms with van der Waals surface area (Å²) in [5, 5.41) is 0. The second-order valence-corrected chi connectivity index (χ2v) is 5.33. The van der Waals surface area contributed by atoms with Gasteiger partial charge in [-0.25, -0.2) is 0 Å². The minimum atomic E-state index is -2.79. The first-order valence-corrected chi connectivity index (χ1v) is 7.20. The van der Waals surface area contributed by atoms with E-state index in [0.717, 1.165) is 32.6 Å². The number of halogens is 2. The summed E-state index contributed by atoms with van der Waals surface area (Å²) in [5.41, 5.74) is 5.65. The molecule has 1 heterocycles. The molecule has 0 amide bonds. The first-order valence-electron chi connectivity index (χ1n) is 7.20. The van der Waals surface area contributed by atoms with Gasteiger partial charge < -0.3 is 10.6 Å². The van der Waals surface area contributed by atoms with Crippen LogP contribution in [0.25, 0.3) is 0 Å². The molecule has 0 saturated carbocycles. The molecular formula is C15H23F2N3. The predicted molar refractivity (Wildman–Crippen MR) is 76.9 cm³/mol. The van der Waals surface area contributed by atoms with E-state index in [1.54, 1.807) is 18.2 Å². The smallest absolute Gasteiger partial charge is 0.285 e. The number of alkyl halides is 2. The standard InChI is InChI=1S/C15H23F2N3/c16-15(17,14-5-2-1-3-6-14)13-20-9-4-8-19(10-7-18)11-12-20/h1-3,5-6H,4,7-13,18H2. The molecule has 0 spiro atoms. The van der Waals surface area contributed by atoms with Gasteiger partial charge in [0.25, 0.3) is 5.92 Å². The lowest BCUT2D eigenvalue weighted by molar-refractivity contribution is -0.0369. The minimum Gasteiger partial charge on any atom is -0.329 e. The Bertz CT molecular complexity index is 397. The largest absolute Gasteiger partial charge is 0.329 e. The summed E-state index contributed by atoms with van der Waals surface area (Å²) in [6, 6.07) is 8.08. The molecule has 1 aliphatic heterocycles. The highest BCUT2D eigenvalue weighted by molar-refractivity contribution is 5.20. The molecule has 0 aromatic heterocycles. The van der Waals surface area contributed by atoms with Crippen molar-refractivity contribution in [3.63, 3.8) is 0 Å². The molecule has 5 heteroatoms. The molecule has 1 saturated heterocycles. The van der Waals surface area contributed by atoms with Crippen LogP contribution in [-0.2, 0) is 5.92 Å². The normalized spacial score (nSPS) is 18.9. The molecule has 1 aromatic carbocycles. The number of benzene rings is 1. The van der Waals surface area contributed by atoms with Gasteiger partial charge >= 0.3 is 0 Å². The van der Waals surface area contributed by atoms with Crippen LogP contribution >= 0.6 is 0 Å². The second-order valence-electron chi connectivity index (χ2n) is 5.33. The fraction of sp³-hybridized carbons (Fsp3) is 0.600.